The summed E-state index contributed by atoms with van der Waals surface area (Å²) in [4.78, 5) is 4.17. The van der Waals surface area contributed by atoms with Crippen molar-refractivity contribution in [2.24, 2.45) is 10.9 Å². The minimum absolute atomic E-state index is 0.149. The molecular weight excluding hydrogens is 397 g/mol. The number of halogens is 3. The molecule has 1 aromatic carbocycles. The molecule has 1 aromatic rings. The minimum atomic E-state index is -4.58. The third-order valence-corrected chi connectivity index (χ3v) is 6.19. The summed E-state index contributed by atoms with van der Waals surface area (Å²) in [6, 6.07) is 5.98. The Hall–Kier alpha value is -1.49. The van der Waals surface area contributed by atoms with Gasteiger partial charge in [0.15, 0.2) is 5.17 Å². The lowest BCUT2D eigenvalue weighted by atomic mass is 9.85. The van der Waals surface area contributed by atoms with Gasteiger partial charge in [-0.15, -0.1) is 0 Å². The molecular formula is C18H23F3N2O4S. The van der Waals surface area contributed by atoms with Gasteiger partial charge in [-0.2, -0.15) is 13.2 Å². The van der Waals surface area contributed by atoms with E-state index in [1.165, 1.54) is 7.11 Å². The molecule has 2 aliphatic heterocycles. The highest BCUT2D eigenvalue weighted by atomic mass is 32.2. The number of aryl methyl sites for hydroxylation is 1. The van der Waals surface area contributed by atoms with E-state index in [1.807, 2.05) is 0 Å². The van der Waals surface area contributed by atoms with Gasteiger partial charge in [0.1, 0.15) is 29.4 Å². The van der Waals surface area contributed by atoms with Crippen LogP contribution >= 0.6 is 11.8 Å². The molecule has 6 atom stereocenters. The second-order valence-electron chi connectivity index (χ2n) is 6.78. The fraction of sp³-hybridized carbons (Fsp3) is 0.611. The van der Waals surface area contributed by atoms with Gasteiger partial charge < -0.3 is 25.0 Å². The van der Waals surface area contributed by atoms with Gasteiger partial charge in [0.05, 0.1) is 19.1 Å². The monoisotopic (exact) mass is 420 g/mol. The Bertz CT molecular complexity index is 701. The molecule has 0 spiro atoms. The second-order valence-corrected chi connectivity index (χ2v) is 7.86. The lowest BCUT2D eigenvalue weighted by molar-refractivity contribution is -0.250. The topological polar surface area (TPSA) is 83.3 Å². The first-order valence-electron chi connectivity index (χ1n) is 8.88. The largest absolute Gasteiger partial charge is 0.497 e. The standard InChI is InChI=1S/C18H23F3N2O4S/c1-22-17-23-12-13(24)14(25)15(27-16(12)28-17)11(18(19,20)21)8-5-9-3-6-10(26-2)7-4-9/h3-4,6-7,11-16,24-25H,5,8H2,1-2H3,(H,22,23)/t11-,12+,13?,14-,15+,16+/m0/s1. The predicted octanol–water partition coefficient (Wildman–Crippen LogP) is 1.94. The molecule has 10 heteroatoms. The van der Waals surface area contributed by atoms with Crippen molar-refractivity contribution in [1.82, 2.24) is 5.32 Å². The summed E-state index contributed by atoms with van der Waals surface area (Å²) >= 11 is 1.12. The van der Waals surface area contributed by atoms with Gasteiger partial charge >= 0.3 is 6.18 Å². The number of hydrogen-bond acceptors (Lipinski definition) is 7. The van der Waals surface area contributed by atoms with E-state index in [9.17, 15) is 23.4 Å². The van der Waals surface area contributed by atoms with Crippen molar-refractivity contribution >= 4 is 16.9 Å². The third-order valence-electron chi connectivity index (χ3n) is 5.03. The smallest absolute Gasteiger partial charge is 0.394 e. The van der Waals surface area contributed by atoms with Crippen LogP contribution < -0.4 is 10.1 Å². The van der Waals surface area contributed by atoms with Gasteiger partial charge in [0, 0.05) is 7.05 Å². The number of nitrogens with one attached hydrogen (secondary N) is 1. The Balaban J connectivity index is 1.74. The molecule has 0 aromatic heterocycles. The fourth-order valence-corrected chi connectivity index (χ4v) is 4.53. The number of aliphatic hydroxyl groups is 2. The quantitative estimate of drug-likeness (QED) is 0.676. The van der Waals surface area contributed by atoms with Crippen LogP contribution in [0.3, 0.4) is 0 Å². The molecule has 3 rings (SSSR count). The van der Waals surface area contributed by atoms with Gasteiger partial charge in [-0.3, -0.25) is 4.99 Å². The SMILES string of the molecule is CNC1=N[C@@H]2C(O)[C@H](O)[C@@H]([C@H](CCc3ccc(OC)cc3)C(F)(F)F)O[C@@H]2S1. The van der Waals surface area contributed by atoms with Gasteiger partial charge in [-0.1, -0.05) is 23.9 Å². The lowest BCUT2D eigenvalue weighted by Crippen LogP contribution is -2.59. The first kappa shape index (κ1) is 21.2. The summed E-state index contributed by atoms with van der Waals surface area (Å²) in [6.07, 6.45) is -9.37. The lowest BCUT2D eigenvalue weighted by Gasteiger charge is -2.42. The molecule has 2 heterocycles. The second kappa shape index (κ2) is 8.48. The van der Waals surface area contributed by atoms with Crippen molar-refractivity contribution in [3.05, 3.63) is 29.8 Å². The summed E-state index contributed by atoms with van der Waals surface area (Å²) in [5.41, 5.74) is -0.0495. The molecule has 6 nitrogen and oxygen atoms in total. The average Bonchev–Trinajstić information content (AvgIpc) is 3.08. The van der Waals surface area contributed by atoms with E-state index in [0.29, 0.717) is 10.9 Å². The summed E-state index contributed by atoms with van der Waals surface area (Å²) in [7, 11) is 3.14. The van der Waals surface area contributed by atoms with Crippen LogP contribution in [0.2, 0.25) is 0 Å². The maximum Gasteiger partial charge on any atom is 0.394 e. The number of alkyl halides is 3. The maximum absolute atomic E-state index is 13.8. The molecule has 0 radical (unpaired) electrons. The first-order valence-corrected chi connectivity index (χ1v) is 9.76. The van der Waals surface area contributed by atoms with Crippen molar-refractivity contribution in [3.8, 4) is 5.75 Å². The molecule has 0 amide bonds. The molecule has 0 aliphatic carbocycles. The summed E-state index contributed by atoms with van der Waals surface area (Å²) in [5, 5.41) is 23.9. The fourth-order valence-electron chi connectivity index (χ4n) is 3.47. The van der Waals surface area contributed by atoms with Crippen LogP contribution in [0.1, 0.15) is 12.0 Å². The molecule has 0 saturated carbocycles. The number of aliphatic hydroxyl groups excluding tert-OH is 2. The van der Waals surface area contributed by atoms with E-state index < -0.39 is 41.9 Å². The number of rotatable bonds is 5. The number of aliphatic imine (C=N–C) groups is 1. The zero-order valence-electron chi connectivity index (χ0n) is 15.4. The van der Waals surface area contributed by atoms with E-state index in [4.69, 9.17) is 9.47 Å². The van der Waals surface area contributed by atoms with Crippen LogP contribution in [0.15, 0.2) is 29.3 Å². The highest BCUT2D eigenvalue weighted by molar-refractivity contribution is 8.14. The number of hydrogen-bond donors (Lipinski definition) is 3. The molecule has 3 N–H and O–H groups in total. The van der Waals surface area contributed by atoms with Gasteiger partial charge in [0.2, 0.25) is 0 Å². The molecule has 2 aliphatic rings. The predicted molar refractivity (Wildman–Crippen MR) is 99.4 cm³/mol. The van der Waals surface area contributed by atoms with Crippen LogP contribution in [0.4, 0.5) is 13.2 Å². The van der Waals surface area contributed by atoms with Crippen LogP contribution in [-0.4, -0.2) is 65.5 Å². The number of thioether (sulfide) groups is 1. The van der Waals surface area contributed by atoms with Crippen molar-refractivity contribution in [3.63, 3.8) is 0 Å². The zero-order chi connectivity index (χ0) is 20.5. The Kier molecular flexibility index (Phi) is 6.43. The van der Waals surface area contributed by atoms with Gasteiger partial charge in [-0.25, -0.2) is 0 Å². The Labute approximate surface area is 165 Å². The van der Waals surface area contributed by atoms with Crippen LogP contribution in [-0.2, 0) is 11.2 Å². The van der Waals surface area contributed by atoms with E-state index in [1.54, 1.807) is 31.3 Å². The average molecular weight is 420 g/mol. The highest BCUT2D eigenvalue weighted by Crippen LogP contribution is 2.43. The molecule has 156 valence electrons. The number of methoxy groups -OCH3 is 1. The van der Waals surface area contributed by atoms with Crippen LogP contribution in [0, 0.1) is 5.92 Å². The Morgan fingerprint density at radius 1 is 1.25 bits per heavy atom. The summed E-state index contributed by atoms with van der Waals surface area (Å²) in [5.74, 6) is -1.30. The molecule has 1 saturated heterocycles. The third kappa shape index (κ3) is 4.40. The highest BCUT2D eigenvalue weighted by Gasteiger charge is 2.55. The maximum atomic E-state index is 13.8. The Morgan fingerprint density at radius 3 is 2.50 bits per heavy atom. The van der Waals surface area contributed by atoms with E-state index in [2.05, 4.69) is 10.3 Å². The van der Waals surface area contributed by atoms with Crippen LogP contribution in [0.25, 0.3) is 0 Å². The zero-order valence-corrected chi connectivity index (χ0v) is 16.2. The number of nitrogens with zero attached hydrogens (tertiary/aromatic N) is 1. The molecule has 1 unspecified atom stereocenters. The summed E-state index contributed by atoms with van der Waals surface area (Å²) in [6.45, 7) is 0. The first-order chi connectivity index (χ1) is 13.2. The number of fused-ring (bicyclic) bond motifs is 1. The van der Waals surface area contributed by atoms with Crippen LogP contribution in [0.5, 0.6) is 5.75 Å². The minimum Gasteiger partial charge on any atom is -0.497 e. The number of amidine groups is 1. The van der Waals surface area contributed by atoms with Crippen molar-refractivity contribution in [2.45, 2.75) is 48.8 Å². The van der Waals surface area contributed by atoms with Crippen molar-refractivity contribution < 1.29 is 32.9 Å². The number of benzene rings is 1. The molecule has 0 bridgehead atoms. The normalized spacial score (nSPS) is 31.1. The van der Waals surface area contributed by atoms with Crippen molar-refractivity contribution in [1.29, 1.82) is 0 Å². The molecule has 1 fully saturated rings. The molecule has 28 heavy (non-hydrogen) atoms. The van der Waals surface area contributed by atoms with Gasteiger partial charge in [-0.05, 0) is 30.5 Å². The van der Waals surface area contributed by atoms with E-state index >= 15 is 0 Å². The van der Waals surface area contributed by atoms with E-state index in [-0.39, 0.29) is 12.8 Å². The van der Waals surface area contributed by atoms with Crippen molar-refractivity contribution in [2.75, 3.05) is 14.2 Å². The number of ether oxygens (including phenoxy) is 2. The summed E-state index contributed by atoms with van der Waals surface area (Å²) < 4.78 is 52.0. The van der Waals surface area contributed by atoms with E-state index in [0.717, 1.165) is 17.3 Å². The van der Waals surface area contributed by atoms with Gasteiger partial charge in [0.25, 0.3) is 0 Å². The Morgan fingerprint density at radius 2 is 1.93 bits per heavy atom.